The lowest BCUT2D eigenvalue weighted by Gasteiger charge is -2.09. The molecule has 6 heteroatoms. The fraction of sp³-hybridized carbons (Fsp3) is 0.125. The molecule has 0 heterocycles. The molecule has 0 spiro atoms. The highest BCUT2D eigenvalue weighted by Gasteiger charge is 2.12. The largest absolute Gasteiger partial charge is 0.457 e. The van der Waals surface area contributed by atoms with E-state index in [1.165, 1.54) is 37.3 Å². The molecular formula is C16H13ClFNO3. The summed E-state index contributed by atoms with van der Waals surface area (Å²) in [4.78, 5) is 23.0. The van der Waals surface area contributed by atoms with Crippen molar-refractivity contribution < 1.29 is 18.7 Å². The van der Waals surface area contributed by atoms with Gasteiger partial charge in [-0.05, 0) is 30.3 Å². The van der Waals surface area contributed by atoms with Gasteiger partial charge in [-0.2, -0.15) is 0 Å². The molecule has 0 fully saturated rings. The summed E-state index contributed by atoms with van der Waals surface area (Å²) in [5, 5.41) is 2.76. The Morgan fingerprint density at radius 1 is 1.23 bits per heavy atom. The van der Waals surface area contributed by atoms with E-state index in [2.05, 4.69) is 5.32 Å². The van der Waals surface area contributed by atoms with Crippen molar-refractivity contribution in [2.75, 3.05) is 5.32 Å². The van der Waals surface area contributed by atoms with Crippen molar-refractivity contribution in [1.29, 1.82) is 0 Å². The minimum Gasteiger partial charge on any atom is -0.457 e. The number of amides is 1. The summed E-state index contributed by atoms with van der Waals surface area (Å²) in [5.74, 6) is -1.41. The molecule has 0 aromatic heterocycles. The molecule has 0 unspecified atom stereocenters. The smallest absolute Gasteiger partial charge is 0.338 e. The lowest BCUT2D eigenvalue weighted by atomic mass is 10.2. The number of carbonyl (C=O) groups is 2. The van der Waals surface area contributed by atoms with E-state index in [-0.39, 0.29) is 28.7 Å². The number of esters is 1. The van der Waals surface area contributed by atoms with Crippen molar-refractivity contribution in [2.24, 2.45) is 0 Å². The van der Waals surface area contributed by atoms with Gasteiger partial charge in [-0.15, -0.1) is 0 Å². The molecular weight excluding hydrogens is 309 g/mol. The standard InChI is InChI=1S/C16H13ClFNO3/c1-10(20)19-12-5-2-4-11(8-12)16(21)22-9-13-14(17)6-3-7-15(13)18/h2-8H,9H2,1H3,(H,19,20). The number of carbonyl (C=O) groups excluding carboxylic acids is 2. The Balaban J connectivity index is 2.08. The number of ether oxygens (including phenoxy) is 1. The van der Waals surface area contributed by atoms with Crippen LogP contribution in [0.4, 0.5) is 10.1 Å². The van der Waals surface area contributed by atoms with Crippen LogP contribution in [0.1, 0.15) is 22.8 Å². The first-order chi connectivity index (χ1) is 10.5. The van der Waals surface area contributed by atoms with Gasteiger partial charge in [0.25, 0.3) is 0 Å². The second-order valence-corrected chi connectivity index (χ2v) is 4.95. The van der Waals surface area contributed by atoms with Crippen LogP contribution >= 0.6 is 11.6 Å². The van der Waals surface area contributed by atoms with Crippen molar-refractivity contribution in [2.45, 2.75) is 13.5 Å². The summed E-state index contributed by atoms with van der Waals surface area (Å²) >= 11 is 5.86. The van der Waals surface area contributed by atoms with Crippen LogP contribution in [0.5, 0.6) is 0 Å². The lowest BCUT2D eigenvalue weighted by molar-refractivity contribution is -0.114. The zero-order valence-electron chi connectivity index (χ0n) is 11.7. The van der Waals surface area contributed by atoms with Gasteiger partial charge in [-0.1, -0.05) is 23.7 Å². The van der Waals surface area contributed by atoms with Gasteiger partial charge in [0, 0.05) is 18.2 Å². The van der Waals surface area contributed by atoms with Crippen molar-refractivity contribution in [3.8, 4) is 0 Å². The Hall–Kier alpha value is -2.40. The summed E-state index contributed by atoms with van der Waals surface area (Å²) in [7, 11) is 0. The third-order valence-corrected chi connectivity index (χ3v) is 3.18. The molecule has 1 amide bonds. The molecule has 2 rings (SSSR count). The van der Waals surface area contributed by atoms with Crippen LogP contribution in [-0.4, -0.2) is 11.9 Å². The van der Waals surface area contributed by atoms with Crippen LogP contribution in [-0.2, 0) is 16.1 Å². The second-order valence-electron chi connectivity index (χ2n) is 4.54. The number of halogens is 2. The van der Waals surface area contributed by atoms with Gasteiger partial charge in [-0.3, -0.25) is 4.79 Å². The van der Waals surface area contributed by atoms with E-state index >= 15 is 0 Å². The van der Waals surface area contributed by atoms with E-state index in [1.807, 2.05) is 0 Å². The minimum absolute atomic E-state index is 0.121. The fourth-order valence-corrected chi connectivity index (χ4v) is 2.04. The van der Waals surface area contributed by atoms with Crippen molar-refractivity contribution in [1.82, 2.24) is 0 Å². The van der Waals surface area contributed by atoms with Crippen LogP contribution in [0, 0.1) is 5.82 Å². The molecule has 114 valence electrons. The van der Waals surface area contributed by atoms with Gasteiger partial charge in [0.2, 0.25) is 5.91 Å². The molecule has 4 nitrogen and oxygen atoms in total. The highest BCUT2D eigenvalue weighted by Crippen LogP contribution is 2.20. The van der Waals surface area contributed by atoms with Gasteiger partial charge in [-0.25, -0.2) is 9.18 Å². The third-order valence-electron chi connectivity index (χ3n) is 2.83. The fourth-order valence-electron chi connectivity index (χ4n) is 1.82. The van der Waals surface area contributed by atoms with E-state index in [4.69, 9.17) is 16.3 Å². The second kappa shape index (κ2) is 7.04. The Morgan fingerprint density at radius 2 is 1.95 bits per heavy atom. The quantitative estimate of drug-likeness (QED) is 0.872. The van der Waals surface area contributed by atoms with Crippen LogP contribution in [0.2, 0.25) is 5.02 Å². The SMILES string of the molecule is CC(=O)Nc1cccc(C(=O)OCc2c(F)cccc2Cl)c1. The summed E-state index contributed by atoms with van der Waals surface area (Å²) in [5.41, 5.74) is 0.847. The Morgan fingerprint density at radius 3 is 2.64 bits per heavy atom. The van der Waals surface area contributed by atoms with Gasteiger partial charge in [0.15, 0.2) is 0 Å². The molecule has 2 aromatic carbocycles. The number of anilines is 1. The molecule has 1 N–H and O–H groups in total. The number of hydrogen-bond acceptors (Lipinski definition) is 3. The third kappa shape index (κ3) is 4.05. The maximum Gasteiger partial charge on any atom is 0.338 e. The van der Waals surface area contributed by atoms with E-state index in [9.17, 15) is 14.0 Å². The van der Waals surface area contributed by atoms with E-state index in [0.29, 0.717) is 5.69 Å². The first-order valence-corrected chi connectivity index (χ1v) is 6.83. The van der Waals surface area contributed by atoms with E-state index < -0.39 is 11.8 Å². The average Bonchev–Trinajstić information content (AvgIpc) is 2.46. The highest BCUT2D eigenvalue weighted by atomic mass is 35.5. The summed E-state index contributed by atoms with van der Waals surface area (Å²) < 4.78 is 18.6. The number of benzene rings is 2. The monoisotopic (exact) mass is 321 g/mol. The molecule has 0 atom stereocenters. The molecule has 22 heavy (non-hydrogen) atoms. The maximum absolute atomic E-state index is 13.6. The number of hydrogen-bond donors (Lipinski definition) is 1. The van der Waals surface area contributed by atoms with Crippen LogP contribution in [0.15, 0.2) is 42.5 Å². The molecule has 0 radical (unpaired) electrons. The summed E-state index contributed by atoms with van der Waals surface area (Å²) in [6, 6.07) is 10.5. The average molecular weight is 322 g/mol. The van der Waals surface area contributed by atoms with Crippen LogP contribution < -0.4 is 5.32 Å². The zero-order valence-corrected chi connectivity index (χ0v) is 12.5. The maximum atomic E-state index is 13.6. The van der Waals surface area contributed by atoms with Crippen molar-refractivity contribution in [3.63, 3.8) is 0 Å². The highest BCUT2D eigenvalue weighted by molar-refractivity contribution is 6.31. The zero-order chi connectivity index (χ0) is 16.1. The van der Waals surface area contributed by atoms with Crippen molar-refractivity contribution in [3.05, 3.63) is 64.4 Å². The van der Waals surface area contributed by atoms with Crippen LogP contribution in [0.25, 0.3) is 0 Å². The van der Waals surface area contributed by atoms with Gasteiger partial charge < -0.3 is 10.1 Å². The topological polar surface area (TPSA) is 55.4 Å². The lowest BCUT2D eigenvalue weighted by Crippen LogP contribution is -2.09. The summed E-state index contributed by atoms with van der Waals surface area (Å²) in [6.07, 6.45) is 0. The molecule has 0 aliphatic heterocycles. The first kappa shape index (κ1) is 16.0. The number of nitrogens with one attached hydrogen (secondary N) is 1. The predicted molar refractivity (Wildman–Crippen MR) is 81.3 cm³/mol. The predicted octanol–water partition coefficient (Wildman–Crippen LogP) is 3.79. The Labute approximate surface area is 131 Å². The molecule has 0 aliphatic rings. The number of rotatable bonds is 4. The summed E-state index contributed by atoms with van der Waals surface area (Å²) in [6.45, 7) is 1.10. The molecule has 0 saturated carbocycles. The molecule has 0 bridgehead atoms. The van der Waals surface area contributed by atoms with Crippen LogP contribution in [0.3, 0.4) is 0 Å². The molecule has 0 aliphatic carbocycles. The van der Waals surface area contributed by atoms with Gasteiger partial charge >= 0.3 is 5.97 Å². The van der Waals surface area contributed by atoms with Gasteiger partial charge in [0.1, 0.15) is 12.4 Å². The van der Waals surface area contributed by atoms with Gasteiger partial charge in [0.05, 0.1) is 10.6 Å². The minimum atomic E-state index is -0.633. The van der Waals surface area contributed by atoms with E-state index in [0.717, 1.165) is 0 Å². The molecule has 0 saturated heterocycles. The van der Waals surface area contributed by atoms with Crippen molar-refractivity contribution >= 4 is 29.2 Å². The van der Waals surface area contributed by atoms with E-state index in [1.54, 1.807) is 12.1 Å². The first-order valence-electron chi connectivity index (χ1n) is 6.45. The Kier molecular flexibility index (Phi) is 5.12. The normalized spacial score (nSPS) is 10.1. The Bertz CT molecular complexity index is 698. The molecule has 2 aromatic rings.